The molecular weight excluding hydrogens is 328 g/mol. The molecule has 110 valence electrons. The van der Waals surface area contributed by atoms with Gasteiger partial charge >= 0.3 is 5.97 Å². The highest BCUT2D eigenvalue weighted by Gasteiger charge is 2.32. The summed E-state index contributed by atoms with van der Waals surface area (Å²) in [6, 6.07) is 3.23. The second-order valence-electron chi connectivity index (χ2n) is 4.98. The molecule has 0 radical (unpaired) electrons. The van der Waals surface area contributed by atoms with E-state index in [-0.39, 0.29) is 12.2 Å². The molecule has 20 heavy (non-hydrogen) atoms. The van der Waals surface area contributed by atoms with Gasteiger partial charge in [0.25, 0.3) is 0 Å². The highest BCUT2D eigenvalue weighted by Crippen LogP contribution is 2.35. The number of rotatable bonds is 6. The third-order valence-corrected chi connectivity index (χ3v) is 3.57. The van der Waals surface area contributed by atoms with Crippen molar-refractivity contribution in [1.29, 1.82) is 0 Å². The van der Waals surface area contributed by atoms with Gasteiger partial charge < -0.3 is 14.6 Å². The van der Waals surface area contributed by atoms with Crippen molar-refractivity contribution in [3.05, 3.63) is 22.2 Å². The van der Waals surface area contributed by atoms with Gasteiger partial charge in [0.1, 0.15) is 11.5 Å². The van der Waals surface area contributed by atoms with Gasteiger partial charge in [0.05, 0.1) is 25.2 Å². The highest BCUT2D eigenvalue weighted by atomic mass is 79.9. The molecule has 6 heteroatoms. The summed E-state index contributed by atoms with van der Waals surface area (Å²) in [4.78, 5) is 23.5. The van der Waals surface area contributed by atoms with Gasteiger partial charge in [-0.3, -0.25) is 9.59 Å². The molecule has 0 aromatic heterocycles. The fourth-order valence-corrected chi connectivity index (χ4v) is 2.31. The summed E-state index contributed by atoms with van der Waals surface area (Å²) in [5.41, 5.74) is -0.816. The molecule has 0 fully saturated rings. The van der Waals surface area contributed by atoms with Gasteiger partial charge in [0.15, 0.2) is 5.78 Å². The quantitative estimate of drug-likeness (QED) is 0.802. The number of Topliss-reactive ketones (excluding diaryl/α,β-unsaturated/α-hetero) is 1. The van der Waals surface area contributed by atoms with E-state index in [9.17, 15) is 9.59 Å². The molecule has 0 unspecified atom stereocenters. The van der Waals surface area contributed by atoms with Crippen molar-refractivity contribution in [2.45, 2.75) is 20.3 Å². The summed E-state index contributed by atoms with van der Waals surface area (Å²) >= 11 is 3.30. The van der Waals surface area contributed by atoms with Crippen molar-refractivity contribution in [3.8, 4) is 11.5 Å². The number of hydrogen-bond acceptors (Lipinski definition) is 4. The lowest BCUT2D eigenvalue weighted by Crippen LogP contribution is -2.27. The number of carboxylic acid groups (broad SMARTS) is 1. The summed E-state index contributed by atoms with van der Waals surface area (Å²) in [5.74, 6) is -0.427. The minimum absolute atomic E-state index is 0.121. The van der Waals surface area contributed by atoms with Crippen LogP contribution in [0.15, 0.2) is 16.6 Å². The Morgan fingerprint density at radius 1 is 1.25 bits per heavy atom. The van der Waals surface area contributed by atoms with Crippen molar-refractivity contribution in [1.82, 2.24) is 0 Å². The summed E-state index contributed by atoms with van der Waals surface area (Å²) in [6.07, 6.45) is -0.121. The summed E-state index contributed by atoms with van der Waals surface area (Å²) in [6.45, 7) is 3.02. The van der Waals surface area contributed by atoms with Crippen molar-refractivity contribution < 1.29 is 24.2 Å². The third-order valence-electron chi connectivity index (χ3n) is 2.94. The Balaban J connectivity index is 3.19. The molecule has 0 saturated heterocycles. The lowest BCUT2D eigenvalue weighted by molar-refractivity contribution is -0.146. The number of methoxy groups -OCH3 is 2. The number of carbonyl (C=O) groups is 2. The molecule has 0 aliphatic heterocycles. The zero-order valence-electron chi connectivity index (χ0n) is 11.8. The van der Waals surface area contributed by atoms with Gasteiger partial charge in [-0.1, -0.05) is 0 Å². The number of aliphatic carboxylic acids is 1. The van der Waals surface area contributed by atoms with Gasteiger partial charge in [0, 0.05) is 17.0 Å². The maximum Gasteiger partial charge on any atom is 0.309 e. The number of hydrogen-bond donors (Lipinski definition) is 1. The smallest absolute Gasteiger partial charge is 0.309 e. The molecular formula is C14H17BrO5. The number of ether oxygens (including phenoxy) is 2. The van der Waals surface area contributed by atoms with Crippen LogP contribution in [-0.2, 0) is 4.79 Å². The van der Waals surface area contributed by atoms with E-state index in [1.807, 2.05) is 0 Å². The first-order valence-corrected chi connectivity index (χ1v) is 6.70. The molecule has 1 N–H and O–H groups in total. The fourth-order valence-electron chi connectivity index (χ4n) is 1.67. The van der Waals surface area contributed by atoms with Crippen LogP contribution in [0.4, 0.5) is 0 Å². The molecule has 1 aromatic rings. The van der Waals surface area contributed by atoms with Crippen LogP contribution in [0.5, 0.6) is 11.5 Å². The van der Waals surface area contributed by atoms with Gasteiger partial charge in [-0.15, -0.1) is 0 Å². The van der Waals surface area contributed by atoms with E-state index in [0.29, 0.717) is 21.5 Å². The Bertz CT molecular complexity index is 537. The predicted octanol–water partition coefficient (Wildman–Crippen LogP) is 3.15. The zero-order chi connectivity index (χ0) is 15.5. The standard InChI is InChI=1S/C14H17BrO5/c1-14(2,13(17)18)7-10(16)12-9(15)5-8(19-3)6-11(12)20-4/h5-6H,7H2,1-4H3,(H,17,18). The minimum atomic E-state index is -1.14. The van der Waals surface area contributed by atoms with E-state index < -0.39 is 11.4 Å². The minimum Gasteiger partial charge on any atom is -0.497 e. The van der Waals surface area contributed by atoms with Crippen LogP contribution in [0.2, 0.25) is 0 Å². The first kappa shape index (κ1) is 16.5. The van der Waals surface area contributed by atoms with E-state index in [1.54, 1.807) is 12.1 Å². The van der Waals surface area contributed by atoms with E-state index in [4.69, 9.17) is 14.6 Å². The fraction of sp³-hybridized carbons (Fsp3) is 0.429. The van der Waals surface area contributed by atoms with Crippen LogP contribution in [-0.4, -0.2) is 31.1 Å². The number of ketones is 1. The normalized spacial score (nSPS) is 11.1. The first-order valence-electron chi connectivity index (χ1n) is 5.91. The molecule has 1 rings (SSSR count). The monoisotopic (exact) mass is 344 g/mol. The number of carbonyl (C=O) groups excluding carboxylic acids is 1. The lowest BCUT2D eigenvalue weighted by atomic mass is 9.85. The van der Waals surface area contributed by atoms with Crippen molar-refractivity contribution in [2.24, 2.45) is 5.41 Å². The van der Waals surface area contributed by atoms with E-state index >= 15 is 0 Å². The number of carboxylic acids is 1. The van der Waals surface area contributed by atoms with Gasteiger partial charge in [-0.25, -0.2) is 0 Å². The van der Waals surface area contributed by atoms with E-state index in [1.165, 1.54) is 28.1 Å². The molecule has 0 heterocycles. The Kier molecular flexibility index (Phi) is 5.16. The zero-order valence-corrected chi connectivity index (χ0v) is 13.4. The first-order chi connectivity index (χ1) is 9.22. The largest absolute Gasteiger partial charge is 0.497 e. The molecule has 1 aromatic carbocycles. The Hall–Kier alpha value is -1.56. The topological polar surface area (TPSA) is 72.8 Å². The Morgan fingerprint density at radius 2 is 1.85 bits per heavy atom. The Labute approximate surface area is 126 Å². The summed E-state index contributed by atoms with van der Waals surface area (Å²) in [7, 11) is 2.95. The number of halogens is 1. The molecule has 5 nitrogen and oxygen atoms in total. The molecule has 0 spiro atoms. The van der Waals surface area contributed by atoms with Crippen molar-refractivity contribution in [2.75, 3.05) is 14.2 Å². The van der Waals surface area contributed by atoms with Crippen molar-refractivity contribution >= 4 is 27.7 Å². The maximum absolute atomic E-state index is 12.4. The molecule has 0 saturated carbocycles. The lowest BCUT2D eigenvalue weighted by Gasteiger charge is -2.19. The van der Waals surface area contributed by atoms with Crippen LogP contribution in [0, 0.1) is 5.41 Å². The predicted molar refractivity (Wildman–Crippen MR) is 77.6 cm³/mol. The summed E-state index contributed by atoms with van der Waals surface area (Å²) < 4.78 is 10.8. The second kappa shape index (κ2) is 6.26. The average molecular weight is 345 g/mol. The van der Waals surface area contributed by atoms with E-state index in [2.05, 4.69) is 15.9 Å². The third kappa shape index (κ3) is 3.50. The van der Waals surface area contributed by atoms with Crippen LogP contribution >= 0.6 is 15.9 Å². The van der Waals surface area contributed by atoms with Crippen molar-refractivity contribution in [3.63, 3.8) is 0 Å². The van der Waals surface area contributed by atoms with E-state index in [0.717, 1.165) is 0 Å². The molecule has 0 aliphatic rings. The molecule has 0 aliphatic carbocycles. The summed E-state index contributed by atoms with van der Waals surface area (Å²) in [5, 5.41) is 9.10. The molecule has 0 amide bonds. The maximum atomic E-state index is 12.4. The second-order valence-corrected chi connectivity index (χ2v) is 5.83. The number of benzene rings is 1. The van der Waals surface area contributed by atoms with Crippen LogP contribution < -0.4 is 9.47 Å². The SMILES string of the molecule is COc1cc(Br)c(C(=O)CC(C)(C)C(=O)O)c(OC)c1. The highest BCUT2D eigenvalue weighted by molar-refractivity contribution is 9.10. The molecule has 0 bridgehead atoms. The molecule has 0 atom stereocenters. The van der Waals surface area contributed by atoms with Gasteiger partial charge in [0.2, 0.25) is 0 Å². The van der Waals surface area contributed by atoms with Crippen LogP contribution in [0.25, 0.3) is 0 Å². The van der Waals surface area contributed by atoms with Gasteiger partial charge in [-0.2, -0.15) is 0 Å². The Morgan fingerprint density at radius 3 is 2.30 bits per heavy atom. The van der Waals surface area contributed by atoms with Gasteiger partial charge in [-0.05, 0) is 35.8 Å². The van der Waals surface area contributed by atoms with Crippen LogP contribution in [0.1, 0.15) is 30.6 Å². The average Bonchev–Trinajstić information content (AvgIpc) is 2.36. The van der Waals surface area contributed by atoms with Crippen LogP contribution in [0.3, 0.4) is 0 Å².